The van der Waals surface area contributed by atoms with Gasteiger partial charge in [0.1, 0.15) is 5.82 Å². The molecule has 2 aromatic rings. The smallest absolute Gasteiger partial charge is 0.236 e. The zero-order chi connectivity index (χ0) is 20.2. The molecule has 1 N–H and O–H groups in total. The monoisotopic (exact) mass is 468 g/mol. The Hall–Kier alpha value is -1.64. The molecule has 2 saturated heterocycles. The lowest BCUT2D eigenvalue weighted by molar-refractivity contribution is -0.135. The molecule has 0 saturated carbocycles. The largest absolute Gasteiger partial charge is 0.339 e. The summed E-state index contributed by atoms with van der Waals surface area (Å²) >= 11 is 0. The Labute approximate surface area is 197 Å². The number of piperazine rings is 2. The fourth-order valence-electron chi connectivity index (χ4n) is 4.35. The normalized spacial score (nSPS) is 20.1. The van der Waals surface area contributed by atoms with E-state index in [2.05, 4.69) is 55.9 Å². The molecule has 2 aliphatic heterocycles. The molecule has 1 unspecified atom stereocenters. The van der Waals surface area contributed by atoms with E-state index in [4.69, 9.17) is 0 Å². The van der Waals surface area contributed by atoms with Crippen LogP contribution in [0.4, 0.5) is 0 Å². The molecule has 4 rings (SSSR count). The highest BCUT2D eigenvalue weighted by Crippen LogP contribution is 2.20. The second-order valence-corrected chi connectivity index (χ2v) is 8.17. The molecular weight excluding hydrogens is 435 g/mol. The lowest BCUT2D eigenvalue weighted by Gasteiger charge is -2.39. The van der Waals surface area contributed by atoms with E-state index in [1.54, 1.807) is 0 Å². The topological polar surface area (TPSA) is 56.6 Å². The van der Waals surface area contributed by atoms with Gasteiger partial charge >= 0.3 is 0 Å². The molecule has 31 heavy (non-hydrogen) atoms. The van der Waals surface area contributed by atoms with Crippen molar-refractivity contribution in [3.05, 3.63) is 53.6 Å². The quantitative estimate of drug-likeness (QED) is 0.725. The summed E-state index contributed by atoms with van der Waals surface area (Å²) in [7, 11) is 2.02. The first kappa shape index (κ1) is 25.6. The number of nitrogens with one attached hydrogen (secondary N) is 1. The molecule has 1 amide bonds. The molecule has 1 atom stereocenters. The number of carbonyl (C=O) groups is 1. The van der Waals surface area contributed by atoms with Crippen LogP contribution < -0.4 is 5.32 Å². The number of imidazole rings is 1. The van der Waals surface area contributed by atoms with Crippen molar-refractivity contribution in [1.29, 1.82) is 0 Å². The van der Waals surface area contributed by atoms with Crippen molar-refractivity contribution < 1.29 is 4.79 Å². The second kappa shape index (κ2) is 11.8. The summed E-state index contributed by atoms with van der Waals surface area (Å²) in [6.45, 7) is 9.71. The predicted molar refractivity (Wildman–Crippen MR) is 128 cm³/mol. The fourth-order valence-corrected chi connectivity index (χ4v) is 4.35. The van der Waals surface area contributed by atoms with Crippen LogP contribution in [0, 0.1) is 6.92 Å². The maximum atomic E-state index is 13.0. The molecule has 2 fully saturated rings. The molecular formula is C22H34Cl2N6O. The number of amides is 1. The molecule has 0 spiro atoms. The van der Waals surface area contributed by atoms with Crippen LogP contribution in [-0.4, -0.2) is 82.5 Å². The van der Waals surface area contributed by atoms with E-state index in [9.17, 15) is 4.79 Å². The van der Waals surface area contributed by atoms with Gasteiger partial charge in [-0.2, -0.15) is 0 Å². The first-order chi connectivity index (χ1) is 14.1. The van der Waals surface area contributed by atoms with Crippen molar-refractivity contribution in [3.63, 3.8) is 0 Å². The number of nitrogens with zero attached hydrogens (tertiary/aromatic N) is 5. The van der Waals surface area contributed by atoms with E-state index in [1.807, 2.05) is 24.3 Å². The van der Waals surface area contributed by atoms with E-state index < -0.39 is 0 Å². The van der Waals surface area contributed by atoms with Gasteiger partial charge in [0, 0.05) is 71.8 Å². The summed E-state index contributed by atoms with van der Waals surface area (Å²) in [5.74, 6) is 1.26. The number of rotatable bonds is 5. The van der Waals surface area contributed by atoms with Crippen LogP contribution in [0.25, 0.3) is 0 Å². The van der Waals surface area contributed by atoms with Gasteiger partial charge in [0.2, 0.25) is 5.91 Å². The Morgan fingerprint density at radius 2 is 1.87 bits per heavy atom. The van der Waals surface area contributed by atoms with Crippen LogP contribution in [0.15, 0.2) is 36.7 Å². The van der Waals surface area contributed by atoms with Crippen LogP contribution in [0.1, 0.15) is 23.0 Å². The molecule has 172 valence electrons. The lowest BCUT2D eigenvalue weighted by atomic mass is 10.1. The van der Waals surface area contributed by atoms with Crippen molar-refractivity contribution in [1.82, 2.24) is 29.6 Å². The van der Waals surface area contributed by atoms with E-state index in [0.717, 1.165) is 58.2 Å². The predicted octanol–water partition coefficient (Wildman–Crippen LogP) is 1.86. The SMILES string of the molecule is Cc1ccccc1CN1CCN(C(=O)CN2CCNCC2c2nccn2C)CC1.Cl.Cl. The van der Waals surface area contributed by atoms with Gasteiger partial charge in [-0.25, -0.2) is 4.98 Å². The Balaban J connectivity index is 0.00000171. The molecule has 1 aromatic carbocycles. The average molecular weight is 469 g/mol. The van der Waals surface area contributed by atoms with Crippen molar-refractivity contribution in [3.8, 4) is 0 Å². The maximum absolute atomic E-state index is 13.0. The Kier molecular flexibility index (Phi) is 9.78. The highest BCUT2D eigenvalue weighted by atomic mass is 35.5. The molecule has 0 bridgehead atoms. The fraction of sp³-hybridized carbons (Fsp3) is 0.545. The first-order valence-corrected chi connectivity index (χ1v) is 10.6. The van der Waals surface area contributed by atoms with Crippen LogP contribution in [0.5, 0.6) is 0 Å². The Bertz CT molecular complexity index is 837. The molecule has 9 heteroatoms. The highest BCUT2D eigenvalue weighted by Gasteiger charge is 2.30. The van der Waals surface area contributed by atoms with Crippen molar-refractivity contribution in [2.24, 2.45) is 7.05 Å². The number of benzene rings is 1. The minimum atomic E-state index is 0. The van der Waals surface area contributed by atoms with Gasteiger partial charge in [-0.3, -0.25) is 14.6 Å². The van der Waals surface area contributed by atoms with Gasteiger partial charge < -0.3 is 14.8 Å². The van der Waals surface area contributed by atoms with Gasteiger partial charge in [-0.05, 0) is 18.1 Å². The third-order valence-corrected chi connectivity index (χ3v) is 6.23. The van der Waals surface area contributed by atoms with Crippen LogP contribution in [0.2, 0.25) is 0 Å². The van der Waals surface area contributed by atoms with E-state index >= 15 is 0 Å². The third kappa shape index (κ3) is 6.20. The summed E-state index contributed by atoms with van der Waals surface area (Å²) in [5.41, 5.74) is 2.72. The van der Waals surface area contributed by atoms with Crippen molar-refractivity contribution >= 4 is 30.7 Å². The van der Waals surface area contributed by atoms with Gasteiger partial charge in [0.05, 0.1) is 12.6 Å². The van der Waals surface area contributed by atoms with Gasteiger partial charge in [0.25, 0.3) is 0 Å². The summed E-state index contributed by atoms with van der Waals surface area (Å²) in [6.07, 6.45) is 3.80. The number of aromatic nitrogens is 2. The van der Waals surface area contributed by atoms with E-state index in [-0.39, 0.29) is 36.8 Å². The molecule has 0 aliphatic carbocycles. The number of aryl methyl sites for hydroxylation is 2. The third-order valence-electron chi connectivity index (χ3n) is 6.23. The maximum Gasteiger partial charge on any atom is 0.236 e. The summed E-state index contributed by atoms with van der Waals surface area (Å²) < 4.78 is 2.06. The highest BCUT2D eigenvalue weighted by molar-refractivity contribution is 5.85. The van der Waals surface area contributed by atoms with Crippen LogP contribution in [-0.2, 0) is 18.4 Å². The summed E-state index contributed by atoms with van der Waals surface area (Å²) in [6, 6.07) is 8.71. The zero-order valence-electron chi connectivity index (χ0n) is 18.4. The van der Waals surface area contributed by atoms with Crippen molar-refractivity contribution in [2.45, 2.75) is 19.5 Å². The van der Waals surface area contributed by atoms with Gasteiger partial charge in [-0.15, -0.1) is 24.8 Å². The second-order valence-electron chi connectivity index (χ2n) is 8.17. The average Bonchev–Trinajstić information content (AvgIpc) is 3.16. The van der Waals surface area contributed by atoms with Crippen LogP contribution >= 0.6 is 24.8 Å². The molecule has 3 heterocycles. The molecule has 2 aliphatic rings. The Morgan fingerprint density at radius 1 is 1.13 bits per heavy atom. The molecule has 0 radical (unpaired) electrons. The van der Waals surface area contributed by atoms with Crippen LogP contribution in [0.3, 0.4) is 0 Å². The Morgan fingerprint density at radius 3 is 2.55 bits per heavy atom. The zero-order valence-corrected chi connectivity index (χ0v) is 20.0. The minimum Gasteiger partial charge on any atom is -0.339 e. The first-order valence-electron chi connectivity index (χ1n) is 10.6. The summed E-state index contributed by atoms with van der Waals surface area (Å²) in [5, 5.41) is 3.44. The molecule has 1 aromatic heterocycles. The van der Waals surface area contributed by atoms with Gasteiger partial charge in [0.15, 0.2) is 0 Å². The number of hydrogen-bond acceptors (Lipinski definition) is 5. The number of carbonyl (C=O) groups excluding carboxylic acids is 1. The standard InChI is InChI=1S/C22H32N6O.2ClH/c1-18-5-3-4-6-19(18)16-26-11-13-27(14-12-26)21(29)17-28-10-7-23-15-20(28)22-24-8-9-25(22)2;;/h3-6,8-9,20,23H,7,10-17H2,1-2H3;2*1H. The van der Waals surface area contributed by atoms with Crippen molar-refractivity contribution in [2.75, 3.05) is 52.4 Å². The summed E-state index contributed by atoms with van der Waals surface area (Å²) in [4.78, 5) is 24.3. The van der Waals surface area contributed by atoms with Gasteiger partial charge in [-0.1, -0.05) is 24.3 Å². The molecule has 7 nitrogen and oxygen atoms in total. The van der Waals surface area contributed by atoms with E-state index in [0.29, 0.717) is 6.54 Å². The minimum absolute atomic E-state index is 0. The lowest BCUT2D eigenvalue weighted by Crippen LogP contribution is -2.54. The van der Waals surface area contributed by atoms with E-state index in [1.165, 1.54) is 11.1 Å². The number of halogens is 2. The number of hydrogen-bond donors (Lipinski definition) is 1.